The van der Waals surface area contributed by atoms with Gasteiger partial charge in [-0.1, -0.05) is 60.7 Å². The van der Waals surface area contributed by atoms with Gasteiger partial charge in [-0.2, -0.15) is 0 Å². The number of allylic oxidation sites excluding steroid dienone is 3. The summed E-state index contributed by atoms with van der Waals surface area (Å²) in [6.45, 7) is 5.76. The third-order valence-electron chi connectivity index (χ3n) is 8.65. The molecule has 5 nitrogen and oxygen atoms in total. The van der Waals surface area contributed by atoms with Gasteiger partial charge in [-0.3, -0.25) is 9.98 Å². The van der Waals surface area contributed by atoms with Gasteiger partial charge in [-0.15, -0.1) is 0 Å². The molecule has 226 valence electrons. The van der Waals surface area contributed by atoms with E-state index >= 15 is 0 Å². The van der Waals surface area contributed by atoms with E-state index in [1.165, 1.54) is 0 Å². The van der Waals surface area contributed by atoms with Crippen molar-refractivity contribution in [1.82, 2.24) is 4.98 Å². The van der Waals surface area contributed by atoms with E-state index in [4.69, 9.17) is 13.9 Å². The third kappa shape index (κ3) is 5.28. The molecule has 7 aromatic rings. The molecule has 0 bridgehead atoms. The maximum atomic E-state index is 6.34. The first-order chi connectivity index (χ1) is 23.2. The van der Waals surface area contributed by atoms with Crippen LogP contribution >= 0.6 is 0 Å². The molecule has 0 atom stereocenters. The number of furan rings is 1. The van der Waals surface area contributed by atoms with Crippen LogP contribution in [0.3, 0.4) is 0 Å². The van der Waals surface area contributed by atoms with Gasteiger partial charge in [-0.05, 0) is 108 Å². The van der Waals surface area contributed by atoms with Crippen molar-refractivity contribution in [2.45, 2.75) is 6.92 Å². The third-order valence-corrected chi connectivity index (χ3v) is 8.65. The lowest BCUT2D eigenvalue weighted by atomic mass is 9.91. The number of para-hydroxylation sites is 2. The van der Waals surface area contributed by atoms with Gasteiger partial charge in [0.15, 0.2) is 0 Å². The summed E-state index contributed by atoms with van der Waals surface area (Å²) in [7, 11) is 0. The highest BCUT2D eigenvalue weighted by molar-refractivity contribution is 6.09. The summed E-state index contributed by atoms with van der Waals surface area (Å²) in [6.07, 6.45) is 9.32. The number of benzene rings is 5. The predicted octanol–water partition coefficient (Wildman–Crippen LogP) is 11.0. The highest BCUT2D eigenvalue weighted by Gasteiger charge is 2.20. The predicted molar refractivity (Wildman–Crippen MR) is 192 cm³/mol. The van der Waals surface area contributed by atoms with E-state index in [2.05, 4.69) is 102 Å². The average Bonchev–Trinajstić information content (AvgIpc) is 3.41. The molecule has 1 aliphatic rings. The molecule has 5 aromatic carbocycles. The fraction of sp³-hybridized carbons (Fsp3) is 0.0476. The van der Waals surface area contributed by atoms with Gasteiger partial charge < -0.3 is 13.9 Å². The van der Waals surface area contributed by atoms with Crippen LogP contribution in [0.15, 0.2) is 149 Å². The van der Waals surface area contributed by atoms with Crippen LogP contribution in [0.25, 0.3) is 72.0 Å². The number of hydrogen-bond acceptors (Lipinski definition) is 5. The van der Waals surface area contributed by atoms with Crippen molar-refractivity contribution in [3.63, 3.8) is 0 Å². The molecule has 0 fully saturated rings. The molecule has 8 rings (SSSR count). The van der Waals surface area contributed by atoms with Crippen LogP contribution in [0.1, 0.15) is 12.5 Å². The molecule has 0 amide bonds. The lowest BCUT2D eigenvalue weighted by molar-refractivity contribution is 0.125. The number of aromatic nitrogens is 1. The molecular weight excluding hydrogens is 580 g/mol. The molecule has 0 N–H and O–H groups in total. The highest BCUT2D eigenvalue weighted by Crippen LogP contribution is 2.44. The standard InChI is InChI=1S/C42H30N2O3/c1-27(8-6-18-43-2)31-20-32(22-33(21-31)30-9-7-19-44-25-30)28-15-17-39-38(23-28)36-16-14-29(24-41(36)46-26-45-39)34-11-5-12-37-35-10-3-4-13-40(35)47-42(34)37/h3-25H,2,26H2,1H3/b18-6-,27-8+. The Bertz CT molecular complexity index is 2370. The fourth-order valence-corrected chi connectivity index (χ4v) is 6.28. The van der Waals surface area contributed by atoms with Crippen molar-refractivity contribution in [2.75, 3.05) is 6.79 Å². The van der Waals surface area contributed by atoms with E-state index in [1.807, 2.05) is 48.7 Å². The molecule has 0 aliphatic carbocycles. The Balaban J connectivity index is 1.23. The Morgan fingerprint density at radius 2 is 1.53 bits per heavy atom. The van der Waals surface area contributed by atoms with E-state index in [-0.39, 0.29) is 6.79 Å². The van der Waals surface area contributed by atoms with E-state index in [0.29, 0.717) is 0 Å². The Morgan fingerprint density at radius 3 is 2.40 bits per heavy atom. The zero-order chi connectivity index (χ0) is 31.7. The Hall–Kier alpha value is -6.20. The minimum Gasteiger partial charge on any atom is -0.457 e. The second kappa shape index (κ2) is 12.0. The van der Waals surface area contributed by atoms with E-state index in [1.54, 1.807) is 12.4 Å². The van der Waals surface area contributed by atoms with Crippen LogP contribution in [-0.4, -0.2) is 18.5 Å². The molecule has 3 heterocycles. The smallest absolute Gasteiger partial charge is 0.230 e. The van der Waals surface area contributed by atoms with Crippen LogP contribution < -0.4 is 9.47 Å². The van der Waals surface area contributed by atoms with Gasteiger partial charge in [-0.25, -0.2) is 0 Å². The Labute approximate surface area is 272 Å². The summed E-state index contributed by atoms with van der Waals surface area (Å²) in [5.41, 5.74) is 12.2. The molecule has 0 radical (unpaired) electrons. The molecule has 0 saturated carbocycles. The maximum Gasteiger partial charge on any atom is 0.230 e. The van der Waals surface area contributed by atoms with E-state index in [0.717, 1.165) is 89.1 Å². The van der Waals surface area contributed by atoms with Crippen molar-refractivity contribution in [3.05, 3.63) is 146 Å². The summed E-state index contributed by atoms with van der Waals surface area (Å²) in [6, 6.07) is 37.8. The van der Waals surface area contributed by atoms with Gasteiger partial charge in [0.05, 0.1) is 0 Å². The van der Waals surface area contributed by atoms with Gasteiger partial charge in [0.25, 0.3) is 0 Å². The van der Waals surface area contributed by atoms with Crippen LogP contribution in [0.4, 0.5) is 0 Å². The summed E-state index contributed by atoms with van der Waals surface area (Å²) in [4.78, 5) is 8.20. The largest absolute Gasteiger partial charge is 0.457 e. The molecular formula is C42H30N2O3. The van der Waals surface area contributed by atoms with Crippen molar-refractivity contribution < 1.29 is 13.9 Å². The lowest BCUT2D eigenvalue weighted by Crippen LogP contribution is -2.03. The zero-order valence-electron chi connectivity index (χ0n) is 25.8. The molecule has 2 aromatic heterocycles. The van der Waals surface area contributed by atoms with Crippen molar-refractivity contribution >= 4 is 34.2 Å². The van der Waals surface area contributed by atoms with Crippen LogP contribution in [0.5, 0.6) is 11.5 Å². The monoisotopic (exact) mass is 610 g/mol. The fourth-order valence-electron chi connectivity index (χ4n) is 6.28. The molecule has 0 saturated heterocycles. The Kier molecular flexibility index (Phi) is 7.19. The normalized spacial score (nSPS) is 12.7. The second-order valence-corrected chi connectivity index (χ2v) is 11.5. The van der Waals surface area contributed by atoms with Crippen LogP contribution in [-0.2, 0) is 0 Å². The van der Waals surface area contributed by atoms with E-state index in [9.17, 15) is 0 Å². The first-order valence-electron chi connectivity index (χ1n) is 15.5. The van der Waals surface area contributed by atoms with Crippen molar-refractivity contribution in [2.24, 2.45) is 4.99 Å². The highest BCUT2D eigenvalue weighted by atomic mass is 16.7. The number of hydrogen-bond donors (Lipinski definition) is 0. The number of pyridine rings is 1. The van der Waals surface area contributed by atoms with Crippen molar-refractivity contribution in [1.29, 1.82) is 0 Å². The number of fused-ring (bicyclic) bond motifs is 6. The summed E-state index contributed by atoms with van der Waals surface area (Å²) >= 11 is 0. The van der Waals surface area contributed by atoms with Gasteiger partial charge >= 0.3 is 0 Å². The molecule has 0 spiro atoms. The van der Waals surface area contributed by atoms with Crippen LogP contribution in [0, 0.1) is 0 Å². The lowest BCUT2D eigenvalue weighted by Gasteiger charge is -2.14. The first kappa shape index (κ1) is 28.3. The van der Waals surface area contributed by atoms with Gasteiger partial charge in [0.1, 0.15) is 22.7 Å². The van der Waals surface area contributed by atoms with Gasteiger partial charge in [0, 0.05) is 51.6 Å². The topological polar surface area (TPSA) is 56.9 Å². The number of rotatable bonds is 6. The number of ether oxygens (including phenoxy) is 2. The minimum atomic E-state index is 0.120. The van der Waals surface area contributed by atoms with Crippen LogP contribution in [0.2, 0.25) is 0 Å². The van der Waals surface area contributed by atoms with Gasteiger partial charge in [0.2, 0.25) is 6.79 Å². The summed E-state index contributed by atoms with van der Waals surface area (Å²) in [5, 5.41) is 2.20. The molecule has 0 unspecified atom stereocenters. The molecule has 5 heteroatoms. The quantitative estimate of drug-likeness (QED) is 0.139. The minimum absolute atomic E-state index is 0.120. The van der Waals surface area contributed by atoms with E-state index < -0.39 is 0 Å². The van der Waals surface area contributed by atoms with Crippen molar-refractivity contribution in [3.8, 4) is 56.0 Å². The zero-order valence-corrected chi connectivity index (χ0v) is 25.8. The molecule has 1 aliphatic heterocycles. The number of aliphatic imine (C=N–C) groups is 1. The SMILES string of the molecule is C=N/C=C\C=C(/C)c1cc(-c2cccnc2)cc(-c2ccc3c(c2)-c2ccc(-c4cccc5c4oc4ccccc45)cc2OCO3)c1. The summed E-state index contributed by atoms with van der Waals surface area (Å²) in [5.74, 6) is 1.54. The first-order valence-corrected chi connectivity index (χ1v) is 15.5. The second-order valence-electron chi connectivity index (χ2n) is 11.5. The number of nitrogens with zero attached hydrogens (tertiary/aromatic N) is 2. The average molecular weight is 611 g/mol. The Morgan fingerprint density at radius 1 is 0.702 bits per heavy atom. The summed E-state index contributed by atoms with van der Waals surface area (Å²) < 4.78 is 18.6. The maximum absolute atomic E-state index is 6.34. The molecule has 47 heavy (non-hydrogen) atoms.